The molecule has 2 aliphatic carbocycles. The maximum absolute atomic E-state index is 13.2. The van der Waals surface area contributed by atoms with Gasteiger partial charge in [-0.25, -0.2) is 4.79 Å². The number of esters is 1. The number of rotatable bonds is 3. The number of allylic oxidation sites excluding steroid dienone is 1. The molecule has 0 radical (unpaired) electrons. The van der Waals surface area contributed by atoms with Gasteiger partial charge in [0.05, 0.1) is 30.4 Å². The molecule has 1 aromatic carbocycles. The van der Waals surface area contributed by atoms with E-state index in [0.29, 0.717) is 6.61 Å². The molecule has 166 valence electrons. The Labute approximate surface area is 186 Å². The predicted molar refractivity (Wildman–Crippen MR) is 122 cm³/mol. The third-order valence-electron chi connectivity index (χ3n) is 7.93. The molecule has 4 aliphatic rings. The zero-order valence-electron chi connectivity index (χ0n) is 19.5. The van der Waals surface area contributed by atoms with Crippen molar-refractivity contribution in [2.45, 2.75) is 91.1 Å². The summed E-state index contributed by atoms with van der Waals surface area (Å²) in [5.74, 6) is -0.168. The van der Waals surface area contributed by atoms with Crippen LogP contribution in [-0.4, -0.2) is 35.8 Å². The molecule has 1 aromatic rings. The zero-order valence-corrected chi connectivity index (χ0v) is 19.5. The Kier molecular flexibility index (Phi) is 5.14. The van der Waals surface area contributed by atoms with Crippen molar-refractivity contribution in [3.05, 3.63) is 57.7 Å². The Morgan fingerprint density at radius 1 is 1.29 bits per heavy atom. The molecule has 31 heavy (non-hydrogen) atoms. The monoisotopic (exact) mass is 421 g/mol. The number of nitrogens with zero attached hydrogens (tertiary/aromatic N) is 1. The van der Waals surface area contributed by atoms with Crippen molar-refractivity contribution in [1.29, 1.82) is 0 Å². The molecule has 4 atom stereocenters. The van der Waals surface area contributed by atoms with Crippen LogP contribution in [0.25, 0.3) is 0 Å². The van der Waals surface area contributed by atoms with Crippen LogP contribution in [0.3, 0.4) is 0 Å². The van der Waals surface area contributed by atoms with E-state index >= 15 is 0 Å². The number of ether oxygens (including phenoxy) is 2. The van der Waals surface area contributed by atoms with Gasteiger partial charge in [-0.15, -0.1) is 0 Å². The highest BCUT2D eigenvalue weighted by Crippen LogP contribution is 2.54. The Hall–Kier alpha value is -1.91. The van der Waals surface area contributed by atoms with Gasteiger partial charge in [0.25, 0.3) is 0 Å². The number of hydrogen-bond acceptors (Lipinski definition) is 4. The second kappa shape index (κ2) is 7.60. The number of carbonyl (C=O) groups is 1. The number of fused-ring (bicyclic) bond motifs is 5. The Morgan fingerprint density at radius 2 is 2.10 bits per heavy atom. The average molecular weight is 422 g/mol. The minimum atomic E-state index is -0.168. The fourth-order valence-electron chi connectivity index (χ4n) is 6.74. The molecule has 5 rings (SSSR count). The van der Waals surface area contributed by atoms with E-state index in [9.17, 15) is 4.79 Å². The lowest BCUT2D eigenvalue weighted by atomic mass is 9.67. The first kappa shape index (κ1) is 21.0. The van der Waals surface area contributed by atoms with Gasteiger partial charge >= 0.3 is 5.97 Å². The maximum atomic E-state index is 13.2. The molecule has 1 fully saturated rings. The lowest BCUT2D eigenvalue weighted by Crippen LogP contribution is -2.50. The predicted octanol–water partition coefficient (Wildman–Crippen LogP) is 5.41. The Bertz CT molecular complexity index is 973. The van der Waals surface area contributed by atoms with Gasteiger partial charge in [0, 0.05) is 12.8 Å². The van der Waals surface area contributed by atoms with Gasteiger partial charge in [-0.2, -0.15) is 0 Å². The van der Waals surface area contributed by atoms with Gasteiger partial charge in [-0.3, -0.25) is 4.90 Å². The summed E-state index contributed by atoms with van der Waals surface area (Å²) >= 11 is 0. The van der Waals surface area contributed by atoms with Crippen LogP contribution in [0.4, 0.5) is 0 Å². The van der Waals surface area contributed by atoms with E-state index in [4.69, 9.17) is 9.47 Å². The second-order valence-electron chi connectivity index (χ2n) is 10.3. The molecular weight excluding hydrogens is 386 g/mol. The van der Waals surface area contributed by atoms with Crippen LogP contribution in [0.2, 0.25) is 0 Å². The summed E-state index contributed by atoms with van der Waals surface area (Å²) in [6.45, 7) is 11.5. The van der Waals surface area contributed by atoms with E-state index in [1.54, 1.807) is 0 Å². The molecule has 2 heterocycles. The summed E-state index contributed by atoms with van der Waals surface area (Å²) in [5, 5.41) is 0. The van der Waals surface area contributed by atoms with Crippen molar-refractivity contribution in [2.75, 3.05) is 6.61 Å². The number of hydrogen-bond donors (Lipinski definition) is 0. The highest BCUT2D eigenvalue weighted by atomic mass is 16.5. The van der Waals surface area contributed by atoms with Gasteiger partial charge in [0.2, 0.25) is 0 Å². The third-order valence-corrected chi connectivity index (χ3v) is 7.93. The van der Waals surface area contributed by atoms with Crippen molar-refractivity contribution in [1.82, 2.24) is 4.90 Å². The van der Waals surface area contributed by atoms with Crippen LogP contribution in [0, 0.1) is 12.3 Å². The summed E-state index contributed by atoms with van der Waals surface area (Å²) in [6, 6.07) is 6.73. The summed E-state index contributed by atoms with van der Waals surface area (Å²) in [6.07, 6.45) is 7.44. The van der Waals surface area contributed by atoms with Gasteiger partial charge in [-0.1, -0.05) is 43.7 Å². The van der Waals surface area contributed by atoms with Crippen molar-refractivity contribution < 1.29 is 14.3 Å². The van der Waals surface area contributed by atoms with Crippen molar-refractivity contribution >= 4 is 5.97 Å². The van der Waals surface area contributed by atoms with Crippen molar-refractivity contribution in [3.63, 3.8) is 0 Å². The van der Waals surface area contributed by atoms with E-state index in [1.165, 1.54) is 34.3 Å². The molecule has 0 amide bonds. The SMILES string of the molecule is CCOC(=O)C1=CC[C@H]2O[C@@H]3Cc4cccc(C)c4[C@@H]3N2[C@@H]1C1=C(C)CCCC1(C)C. The maximum Gasteiger partial charge on any atom is 0.335 e. The molecule has 4 heteroatoms. The fourth-order valence-corrected chi connectivity index (χ4v) is 6.74. The topological polar surface area (TPSA) is 38.8 Å². The molecular formula is C27H35NO3. The van der Waals surface area contributed by atoms with Crippen LogP contribution in [0.5, 0.6) is 0 Å². The first-order chi connectivity index (χ1) is 14.8. The molecule has 1 saturated heterocycles. The van der Waals surface area contributed by atoms with Crippen LogP contribution in [0.15, 0.2) is 41.0 Å². The van der Waals surface area contributed by atoms with E-state index in [-0.39, 0.29) is 35.8 Å². The van der Waals surface area contributed by atoms with Crippen molar-refractivity contribution in [2.24, 2.45) is 5.41 Å². The zero-order chi connectivity index (χ0) is 21.9. The summed E-state index contributed by atoms with van der Waals surface area (Å²) in [5.41, 5.74) is 7.84. The van der Waals surface area contributed by atoms with Crippen LogP contribution in [-0.2, 0) is 20.7 Å². The van der Waals surface area contributed by atoms with Gasteiger partial charge in [0.15, 0.2) is 0 Å². The summed E-state index contributed by atoms with van der Waals surface area (Å²) in [7, 11) is 0. The fraction of sp³-hybridized carbons (Fsp3) is 0.593. The number of aryl methyl sites for hydroxylation is 1. The van der Waals surface area contributed by atoms with Crippen LogP contribution in [0.1, 0.15) is 76.1 Å². The number of carbonyl (C=O) groups excluding carboxylic acids is 1. The molecule has 0 unspecified atom stereocenters. The van der Waals surface area contributed by atoms with E-state index < -0.39 is 0 Å². The van der Waals surface area contributed by atoms with E-state index in [2.05, 4.69) is 56.9 Å². The molecule has 0 N–H and O–H groups in total. The summed E-state index contributed by atoms with van der Waals surface area (Å²) < 4.78 is 12.2. The van der Waals surface area contributed by atoms with E-state index in [0.717, 1.165) is 31.3 Å². The summed E-state index contributed by atoms with van der Waals surface area (Å²) in [4.78, 5) is 15.7. The first-order valence-electron chi connectivity index (χ1n) is 11.9. The van der Waals surface area contributed by atoms with E-state index in [1.807, 2.05) is 6.92 Å². The lowest BCUT2D eigenvalue weighted by Gasteiger charge is -2.47. The highest BCUT2D eigenvalue weighted by molar-refractivity contribution is 5.91. The van der Waals surface area contributed by atoms with Crippen LogP contribution < -0.4 is 0 Å². The van der Waals surface area contributed by atoms with Gasteiger partial charge < -0.3 is 9.47 Å². The quantitative estimate of drug-likeness (QED) is 0.483. The molecule has 0 bridgehead atoms. The standard InChI is InChI=1S/C27H35NO3/c1-6-30-26(29)19-12-13-21-28(24(19)23-17(3)10-8-14-27(23,4)5)25-20(31-21)15-18-11-7-9-16(2)22(18)25/h7,9,11-12,20-21,24-25H,6,8,10,13-15H2,1-5H3/t20-,21-,24+,25-/m1/s1. The molecule has 0 spiro atoms. The normalized spacial score (nSPS) is 31.7. The second-order valence-corrected chi connectivity index (χ2v) is 10.3. The lowest BCUT2D eigenvalue weighted by molar-refractivity contribution is -0.140. The Morgan fingerprint density at radius 3 is 2.84 bits per heavy atom. The molecule has 0 aromatic heterocycles. The van der Waals surface area contributed by atoms with Gasteiger partial charge in [-0.05, 0) is 67.7 Å². The minimum Gasteiger partial charge on any atom is -0.463 e. The highest BCUT2D eigenvalue weighted by Gasteiger charge is 2.55. The molecule has 2 aliphatic heterocycles. The average Bonchev–Trinajstić information content (AvgIpc) is 3.23. The number of benzene rings is 1. The largest absolute Gasteiger partial charge is 0.463 e. The van der Waals surface area contributed by atoms with Gasteiger partial charge in [0.1, 0.15) is 6.23 Å². The smallest absolute Gasteiger partial charge is 0.335 e. The molecule has 0 saturated carbocycles. The van der Waals surface area contributed by atoms with Crippen molar-refractivity contribution in [3.8, 4) is 0 Å². The third kappa shape index (κ3) is 3.22. The first-order valence-corrected chi connectivity index (χ1v) is 11.9. The molecule has 4 nitrogen and oxygen atoms in total. The van der Waals surface area contributed by atoms with Crippen LogP contribution >= 0.6 is 0 Å². The minimum absolute atomic E-state index is 0.0176. The Balaban J connectivity index is 1.67.